The van der Waals surface area contributed by atoms with E-state index in [9.17, 15) is 13.2 Å². The van der Waals surface area contributed by atoms with E-state index in [1.807, 2.05) is 59.2 Å². The van der Waals surface area contributed by atoms with E-state index in [2.05, 4.69) is 6.07 Å². The first-order valence-corrected chi connectivity index (χ1v) is 11.8. The Morgan fingerprint density at radius 1 is 1.31 bits per heavy atom. The van der Waals surface area contributed by atoms with Gasteiger partial charge in [-0.15, -0.1) is 0 Å². The molecular formula is C19H21IN2O3S. The van der Waals surface area contributed by atoms with Crippen LogP contribution in [0.3, 0.4) is 0 Å². The third-order valence-electron chi connectivity index (χ3n) is 4.38. The van der Waals surface area contributed by atoms with E-state index in [0.717, 1.165) is 17.1 Å². The van der Waals surface area contributed by atoms with Gasteiger partial charge >= 0.3 is 0 Å². The summed E-state index contributed by atoms with van der Waals surface area (Å²) >= 11 is 2.05. The van der Waals surface area contributed by atoms with Crippen LogP contribution in [0, 0.1) is 18.3 Å². The van der Waals surface area contributed by atoms with Crippen molar-refractivity contribution in [3.63, 3.8) is 0 Å². The molecule has 26 heavy (non-hydrogen) atoms. The van der Waals surface area contributed by atoms with Crippen LogP contribution in [-0.4, -0.2) is 35.2 Å². The van der Waals surface area contributed by atoms with Crippen LogP contribution in [0.2, 0.25) is 0 Å². The van der Waals surface area contributed by atoms with Crippen LogP contribution in [0.4, 0.5) is 0 Å². The normalized spacial score (nSPS) is 12.6. The van der Waals surface area contributed by atoms with Crippen molar-refractivity contribution in [1.82, 2.24) is 4.57 Å². The fourth-order valence-electron chi connectivity index (χ4n) is 2.91. The van der Waals surface area contributed by atoms with Gasteiger partial charge in [0.25, 0.3) is 0 Å². The van der Waals surface area contributed by atoms with Gasteiger partial charge in [0.2, 0.25) is 0 Å². The molecule has 0 aliphatic heterocycles. The Kier molecular flexibility index (Phi) is 6.64. The monoisotopic (exact) mass is 484 g/mol. The highest BCUT2D eigenvalue weighted by molar-refractivity contribution is 14.1. The molecule has 1 unspecified atom stereocenters. The minimum atomic E-state index is -3.05. The second-order valence-electron chi connectivity index (χ2n) is 6.44. The first kappa shape index (κ1) is 20.6. The van der Waals surface area contributed by atoms with E-state index in [4.69, 9.17) is 5.26 Å². The molecular weight excluding hydrogens is 463 g/mol. The fourth-order valence-corrected chi connectivity index (χ4v) is 4.11. The highest BCUT2D eigenvalue weighted by Gasteiger charge is 2.22. The molecule has 0 fully saturated rings. The lowest BCUT2D eigenvalue weighted by Gasteiger charge is -2.17. The molecule has 1 aromatic heterocycles. The predicted octanol–water partition coefficient (Wildman–Crippen LogP) is 3.81. The summed E-state index contributed by atoms with van der Waals surface area (Å²) in [5, 5.41) is 8.99. The van der Waals surface area contributed by atoms with Crippen molar-refractivity contribution in [2.24, 2.45) is 0 Å². The zero-order valence-corrected chi connectivity index (χ0v) is 18.0. The highest BCUT2D eigenvalue weighted by atomic mass is 127. The number of sulfone groups is 1. The van der Waals surface area contributed by atoms with E-state index < -0.39 is 9.84 Å². The maximum absolute atomic E-state index is 12.3. The number of ketones is 1. The molecule has 2 rings (SSSR count). The van der Waals surface area contributed by atoms with Crippen LogP contribution in [0.1, 0.15) is 46.6 Å². The number of Topliss-reactive ketones (excluding diaryl/α,β-unsaturated/α-hetero) is 1. The van der Waals surface area contributed by atoms with Gasteiger partial charge in [-0.2, -0.15) is 5.26 Å². The smallest absolute Gasteiger partial charge is 0.174 e. The number of aromatic nitrogens is 1. The quantitative estimate of drug-likeness (QED) is 0.340. The lowest BCUT2D eigenvalue weighted by molar-refractivity contribution is 0.102. The molecule has 138 valence electrons. The Morgan fingerprint density at radius 3 is 2.42 bits per heavy atom. The van der Waals surface area contributed by atoms with Crippen LogP contribution in [0.5, 0.6) is 0 Å². The minimum absolute atomic E-state index is 0.0326. The number of carbonyl (C=O) groups is 1. The van der Waals surface area contributed by atoms with Gasteiger partial charge in [0.1, 0.15) is 9.84 Å². The van der Waals surface area contributed by atoms with Gasteiger partial charge in [0.05, 0.1) is 21.8 Å². The van der Waals surface area contributed by atoms with Gasteiger partial charge in [-0.3, -0.25) is 4.79 Å². The maximum Gasteiger partial charge on any atom is 0.174 e. The lowest BCUT2D eigenvalue weighted by Crippen LogP contribution is -2.10. The number of benzene rings is 1. The average molecular weight is 484 g/mol. The summed E-state index contributed by atoms with van der Waals surface area (Å²) in [7, 11) is -3.05. The fraction of sp³-hybridized carbons (Fsp3) is 0.368. The second kappa shape index (κ2) is 8.35. The number of nitriles is 1. The average Bonchev–Trinajstić information content (AvgIpc) is 2.95. The Morgan fingerprint density at radius 2 is 1.92 bits per heavy atom. The summed E-state index contributed by atoms with van der Waals surface area (Å²) in [6, 6.07) is 11.1. The summed E-state index contributed by atoms with van der Waals surface area (Å²) < 4.78 is 25.4. The summed E-state index contributed by atoms with van der Waals surface area (Å²) in [6.07, 6.45) is 1.71. The molecule has 7 heteroatoms. The number of carbonyl (C=O) groups excluding carboxylic acids is 1. The van der Waals surface area contributed by atoms with Crippen LogP contribution >= 0.6 is 22.6 Å². The molecule has 0 bridgehead atoms. The molecule has 1 atom stereocenters. The zero-order chi connectivity index (χ0) is 19.5. The van der Waals surface area contributed by atoms with Crippen molar-refractivity contribution < 1.29 is 13.2 Å². The largest absolute Gasteiger partial charge is 0.317 e. The van der Waals surface area contributed by atoms with Gasteiger partial charge in [-0.25, -0.2) is 8.42 Å². The molecule has 0 spiro atoms. The van der Waals surface area contributed by atoms with Crippen molar-refractivity contribution >= 4 is 38.2 Å². The Labute approximate surface area is 168 Å². The topological polar surface area (TPSA) is 79.9 Å². The van der Waals surface area contributed by atoms with Crippen molar-refractivity contribution in [3.8, 4) is 11.8 Å². The van der Waals surface area contributed by atoms with Crippen molar-refractivity contribution in [2.75, 3.05) is 16.4 Å². The number of alkyl halides is 1. The molecule has 0 N–H and O–H groups in total. The molecule has 0 saturated carbocycles. The van der Waals surface area contributed by atoms with E-state index in [-0.39, 0.29) is 17.5 Å². The van der Waals surface area contributed by atoms with E-state index in [1.165, 1.54) is 6.26 Å². The third-order valence-corrected chi connectivity index (χ3v) is 6.05. The van der Waals surface area contributed by atoms with Gasteiger partial charge in [0, 0.05) is 28.9 Å². The zero-order valence-electron chi connectivity index (χ0n) is 15.0. The second-order valence-corrected chi connectivity index (χ2v) is 9.46. The van der Waals surface area contributed by atoms with Crippen LogP contribution in [-0.2, 0) is 9.84 Å². The molecule has 2 aromatic rings. The Bertz CT molecular complexity index is 954. The van der Waals surface area contributed by atoms with Crippen molar-refractivity contribution in [3.05, 3.63) is 52.8 Å². The first-order chi connectivity index (χ1) is 12.2. The Balaban J connectivity index is 2.54. The molecule has 5 nitrogen and oxygen atoms in total. The maximum atomic E-state index is 12.3. The van der Waals surface area contributed by atoms with Gasteiger partial charge < -0.3 is 4.57 Å². The van der Waals surface area contributed by atoms with Crippen LogP contribution in [0.25, 0.3) is 5.69 Å². The number of hydrogen-bond acceptors (Lipinski definition) is 4. The lowest BCUT2D eigenvalue weighted by atomic mass is 10.0. The van der Waals surface area contributed by atoms with E-state index >= 15 is 0 Å². The standard InChI is InChI=1S/C19H21IN2O3S/c1-13(8-9-26(3,24)25)18-10-17(19(23)11-20)14(2)22(18)16-6-4-15(12-21)5-7-16/h4-7,10,13H,8-9,11H2,1-3H3. The third kappa shape index (κ3) is 4.74. The molecule has 0 amide bonds. The molecule has 1 heterocycles. The summed E-state index contributed by atoms with van der Waals surface area (Å²) in [6.45, 7) is 3.86. The number of nitrogens with zero attached hydrogens (tertiary/aromatic N) is 2. The molecule has 0 aliphatic carbocycles. The van der Waals surface area contributed by atoms with E-state index in [1.54, 1.807) is 12.1 Å². The van der Waals surface area contributed by atoms with Crippen molar-refractivity contribution in [2.45, 2.75) is 26.2 Å². The first-order valence-electron chi connectivity index (χ1n) is 8.17. The minimum Gasteiger partial charge on any atom is -0.317 e. The Hall–Kier alpha value is -1.66. The van der Waals surface area contributed by atoms with Crippen LogP contribution < -0.4 is 0 Å². The van der Waals surface area contributed by atoms with Crippen LogP contribution in [0.15, 0.2) is 30.3 Å². The molecule has 0 saturated heterocycles. The molecule has 0 aliphatic rings. The summed E-state index contributed by atoms with van der Waals surface area (Å²) in [4.78, 5) is 12.3. The highest BCUT2D eigenvalue weighted by Crippen LogP contribution is 2.29. The molecule has 1 aromatic carbocycles. The SMILES string of the molecule is Cc1c(C(=O)CI)cc(C(C)CCS(C)(=O)=O)n1-c1ccc(C#N)cc1. The van der Waals surface area contributed by atoms with Gasteiger partial charge in [0.15, 0.2) is 5.78 Å². The van der Waals surface area contributed by atoms with Crippen molar-refractivity contribution in [1.29, 1.82) is 5.26 Å². The number of hydrogen-bond donors (Lipinski definition) is 0. The van der Waals surface area contributed by atoms with E-state index in [0.29, 0.717) is 22.0 Å². The summed E-state index contributed by atoms with van der Waals surface area (Å²) in [5.74, 6) is 0.114. The van der Waals surface area contributed by atoms with Gasteiger partial charge in [-0.1, -0.05) is 29.5 Å². The number of rotatable bonds is 7. The summed E-state index contributed by atoms with van der Waals surface area (Å²) in [5.41, 5.74) is 3.82. The van der Waals surface area contributed by atoms with Gasteiger partial charge in [-0.05, 0) is 49.6 Å². The molecule has 0 radical (unpaired) electrons. The number of halogens is 1. The predicted molar refractivity (Wildman–Crippen MR) is 111 cm³/mol.